The van der Waals surface area contributed by atoms with Crippen molar-refractivity contribution in [1.82, 2.24) is 0 Å². The average Bonchev–Trinajstić information content (AvgIpc) is 2.85. The van der Waals surface area contributed by atoms with Crippen LogP contribution in [0.15, 0.2) is 12.2 Å². The minimum atomic E-state index is -1.20. The van der Waals surface area contributed by atoms with E-state index in [4.69, 9.17) is 0 Å². The molecule has 0 radical (unpaired) electrons. The summed E-state index contributed by atoms with van der Waals surface area (Å²) >= 11 is 0. The van der Waals surface area contributed by atoms with Gasteiger partial charge in [-0.05, 0) is 32.8 Å². The molecule has 7 nitrogen and oxygen atoms in total. The summed E-state index contributed by atoms with van der Waals surface area (Å²) in [5.41, 5.74) is 0. The smallest absolute Gasteiger partial charge is 0.311 e. The fourth-order valence-electron chi connectivity index (χ4n) is 5.29. The van der Waals surface area contributed by atoms with E-state index in [1.54, 1.807) is 13.8 Å². The molecule has 3 unspecified atom stereocenters. The molecule has 0 aliphatic carbocycles. The number of carbonyl (C=O) groups is 3. The highest BCUT2D eigenvalue weighted by Gasteiger charge is 2.36. The van der Waals surface area contributed by atoms with Gasteiger partial charge in [0.1, 0.15) is 11.8 Å². The van der Waals surface area contributed by atoms with Crippen molar-refractivity contribution in [2.24, 2.45) is 17.8 Å². The summed E-state index contributed by atoms with van der Waals surface area (Å²) in [7, 11) is 0. The van der Waals surface area contributed by atoms with Crippen molar-refractivity contribution in [1.29, 1.82) is 0 Å². The van der Waals surface area contributed by atoms with E-state index in [-0.39, 0.29) is 24.1 Å². The maximum atomic E-state index is 11.6. The van der Waals surface area contributed by atoms with Gasteiger partial charge in [0.2, 0.25) is 0 Å². The molecule has 0 heterocycles. The van der Waals surface area contributed by atoms with Gasteiger partial charge in [0, 0.05) is 11.9 Å². The molecular weight excluding hydrogens is 482 g/mol. The van der Waals surface area contributed by atoms with Gasteiger partial charge in [0.25, 0.3) is 0 Å². The highest BCUT2D eigenvalue weighted by molar-refractivity contribution is 5.70. The van der Waals surface area contributed by atoms with E-state index in [2.05, 4.69) is 13.0 Å². The number of quaternary nitrogens is 1. The normalized spacial score (nSPS) is 15.7. The van der Waals surface area contributed by atoms with E-state index in [1.807, 2.05) is 6.08 Å². The monoisotopic (exact) mass is 539 g/mol. The van der Waals surface area contributed by atoms with Crippen molar-refractivity contribution < 1.29 is 34.2 Å². The molecular formula is C31H57NO6. The second kappa shape index (κ2) is 22.0. The van der Waals surface area contributed by atoms with Crippen LogP contribution >= 0.6 is 0 Å². The number of hydrogen-bond acceptors (Lipinski definition) is 4. The van der Waals surface area contributed by atoms with Crippen LogP contribution in [0, 0.1) is 17.8 Å². The number of carboxylic acid groups (broad SMARTS) is 3. The van der Waals surface area contributed by atoms with Crippen LogP contribution in [0.4, 0.5) is 0 Å². The van der Waals surface area contributed by atoms with E-state index in [9.17, 15) is 29.7 Å². The molecule has 0 amide bonds. The molecule has 0 aromatic rings. The van der Waals surface area contributed by atoms with Gasteiger partial charge in [-0.1, -0.05) is 103 Å². The Labute approximate surface area is 232 Å². The predicted octanol–water partition coefficient (Wildman–Crippen LogP) is 6.06. The van der Waals surface area contributed by atoms with Crippen LogP contribution in [0.3, 0.4) is 0 Å². The van der Waals surface area contributed by atoms with E-state index in [1.165, 1.54) is 90.4 Å². The predicted molar refractivity (Wildman–Crippen MR) is 152 cm³/mol. The topological polar surface area (TPSA) is 115 Å². The molecule has 0 aromatic heterocycles. The second-order valence-electron chi connectivity index (χ2n) is 11.6. The fraction of sp³-hybridized carbons (Fsp3) is 0.839. The van der Waals surface area contributed by atoms with Crippen molar-refractivity contribution in [2.75, 3.05) is 26.2 Å². The first kappa shape index (κ1) is 36.1. The Morgan fingerprint density at radius 1 is 0.632 bits per heavy atom. The summed E-state index contributed by atoms with van der Waals surface area (Å²) < 4.78 is 0.103. The first-order valence-electron chi connectivity index (χ1n) is 15.2. The number of unbranched alkanes of at least 4 members (excludes halogenated alkanes) is 14. The minimum Gasteiger partial charge on any atom is -0.550 e. The summed E-state index contributed by atoms with van der Waals surface area (Å²) in [6, 6.07) is 0. The molecule has 0 fully saturated rings. The summed E-state index contributed by atoms with van der Waals surface area (Å²) in [6.45, 7) is 7.86. The van der Waals surface area contributed by atoms with Gasteiger partial charge in [-0.3, -0.25) is 9.59 Å². The molecule has 0 aliphatic rings. The summed E-state index contributed by atoms with van der Waals surface area (Å²) in [5, 5.41) is 30.4. The van der Waals surface area contributed by atoms with E-state index >= 15 is 0 Å². The van der Waals surface area contributed by atoms with Gasteiger partial charge >= 0.3 is 11.9 Å². The zero-order valence-electron chi connectivity index (χ0n) is 24.8. The highest BCUT2D eigenvalue weighted by atomic mass is 16.4. The van der Waals surface area contributed by atoms with Gasteiger partial charge in [0.05, 0.1) is 26.2 Å². The molecule has 7 heteroatoms. The lowest BCUT2D eigenvalue weighted by molar-refractivity contribution is -0.929. The lowest BCUT2D eigenvalue weighted by Crippen LogP contribution is -2.58. The van der Waals surface area contributed by atoms with Gasteiger partial charge in [-0.15, -0.1) is 0 Å². The molecule has 2 N–H and O–H groups in total. The van der Waals surface area contributed by atoms with Crippen LogP contribution in [0.5, 0.6) is 0 Å². The first-order valence-corrected chi connectivity index (χ1v) is 15.2. The minimum absolute atomic E-state index is 0.103. The number of allylic oxidation sites excluding steroid dienone is 1. The number of aliphatic carboxylic acids is 3. The maximum absolute atomic E-state index is 11.6. The van der Waals surface area contributed by atoms with Gasteiger partial charge in [-0.2, -0.15) is 0 Å². The number of rotatable bonds is 26. The molecule has 0 bridgehead atoms. The van der Waals surface area contributed by atoms with Crippen LogP contribution < -0.4 is 5.11 Å². The Morgan fingerprint density at radius 3 is 1.37 bits per heavy atom. The molecule has 0 saturated carbocycles. The number of carbonyl (C=O) groups excluding carboxylic acids is 1. The lowest BCUT2D eigenvalue weighted by Gasteiger charge is -2.42. The van der Waals surface area contributed by atoms with Crippen LogP contribution in [-0.2, 0) is 14.4 Å². The fourth-order valence-corrected chi connectivity index (χ4v) is 5.29. The zero-order valence-corrected chi connectivity index (χ0v) is 24.8. The molecule has 38 heavy (non-hydrogen) atoms. The van der Waals surface area contributed by atoms with Gasteiger partial charge in [-0.25, -0.2) is 0 Å². The Balaban J connectivity index is 4.52. The summed E-state index contributed by atoms with van der Waals surface area (Å²) in [5.74, 6) is -5.39. The van der Waals surface area contributed by atoms with Crippen molar-refractivity contribution in [3.05, 3.63) is 12.2 Å². The molecule has 0 rings (SSSR count). The van der Waals surface area contributed by atoms with Crippen molar-refractivity contribution in [3.63, 3.8) is 0 Å². The Hall–Kier alpha value is -1.89. The SMILES string of the molecule is CCCCCCCCCCCCCCCC/C=C/C[N+](CC(C)C(=O)[O-])(CC(C)C(=O)O)CC(C)C(=O)O. The summed E-state index contributed by atoms with van der Waals surface area (Å²) in [4.78, 5) is 34.6. The Bertz CT molecular complexity index is 622. The lowest BCUT2D eigenvalue weighted by atomic mass is 10.0. The number of carboxylic acids is 3. The van der Waals surface area contributed by atoms with Crippen LogP contribution in [0.1, 0.15) is 124 Å². The van der Waals surface area contributed by atoms with Gasteiger partial charge in [0.15, 0.2) is 0 Å². The molecule has 0 spiro atoms. The molecule has 222 valence electrons. The number of nitrogens with zero attached hydrogens (tertiary/aromatic N) is 1. The van der Waals surface area contributed by atoms with Crippen molar-refractivity contribution in [3.8, 4) is 0 Å². The van der Waals surface area contributed by atoms with Crippen LogP contribution in [0.25, 0.3) is 0 Å². The Kier molecular flexibility index (Phi) is 20.9. The standard InChI is InChI=1S/C31H57NO6/c1-5-6-7-8-9-10-11-12-13-14-15-16-17-18-19-20-21-22-32(23-26(2)29(33)34,24-27(3)30(35)36)25-28(4)31(37)38/h20-21,26-28H,5-19,22-25H2,1-4H3,(H2-,33,34,35,36,37,38)/b21-20+. The quantitative estimate of drug-likeness (QED) is 0.0784. The Morgan fingerprint density at radius 2 is 1.00 bits per heavy atom. The van der Waals surface area contributed by atoms with E-state index in [0.29, 0.717) is 6.54 Å². The largest absolute Gasteiger partial charge is 0.550 e. The molecule has 0 aromatic carbocycles. The van der Waals surface area contributed by atoms with Crippen LogP contribution in [-0.4, -0.2) is 58.8 Å². The third-order valence-corrected chi connectivity index (χ3v) is 7.61. The van der Waals surface area contributed by atoms with E-state index in [0.717, 1.165) is 12.8 Å². The third kappa shape index (κ3) is 18.4. The highest BCUT2D eigenvalue weighted by Crippen LogP contribution is 2.20. The molecule has 0 aliphatic heterocycles. The van der Waals surface area contributed by atoms with E-state index < -0.39 is 35.7 Å². The first-order chi connectivity index (χ1) is 18.0. The maximum Gasteiger partial charge on any atom is 0.311 e. The zero-order chi connectivity index (χ0) is 28.8. The molecule has 3 atom stereocenters. The third-order valence-electron chi connectivity index (χ3n) is 7.61. The van der Waals surface area contributed by atoms with Crippen LogP contribution in [0.2, 0.25) is 0 Å². The molecule has 0 saturated heterocycles. The number of hydrogen-bond donors (Lipinski definition) is 2. The van der Waals surface area contributed by atoms with Crippen molar-refractivity contribution in [2.45, 2.75) is 124 Å². The summed E-state index contributed by atoms with van der Waals surface area (Å²) in [6.07, 6.45) is 23.4. The second-order valence-corrected chi connectivity index (χ2v) is 11.6. The average molecular weight is 540 g/mol. The van der Waals surface area contributed by atoms with Crippen molar-refractivity contribution >= 4 is 17.9 Å². The van der Waals surface area contributed by atoms with Gasteiger partial charge < -0.3 is 24.6 Å².